The molecule has 0 bridgehead atoms. The summed E-state index contributed by atoms with van der Waals surface area (Å²) >= 11 is 0. The van der Waals surface area contributed by atoms with Gasteiger partial charge in [0.1, 0.15) is 5.76 Å². The van der Waals surface area contributed by atoms with Crippen LogP contribution in [-0.4, -0.2) is 46.0 Å². The van der Waals surface area contributed by atoms with Crippen molar-refractivity contribution >= 4 is 21.6 Å². The van der Waals surface area contributed by atoms with E-state index in [0.29, 0.717) is 36.7 Å². The molecule has 0 atom stereocenters. The minimum Gasteiger partial charge on any atom is -0.467 e. The fraction of sp³-hybridized carbons (Fsp3) is 0.292. The highest BCUT2D eigenvalue weighted by Crippen LogP contribution is 2.32. The first-order chi connectivity index (χ1) is 15.5. The number of nitrogens with zero attached hydrogens (tertiary/aromatic N) is 2. The Hall–Kier alpha value is -3.10. The average Bonchev–Trinajstić information content (AvgIpc) is 3.34. The van der Waals surface area contributed by atoms with Crippen molar-refractivity contribution in [3.05, 3.63) is 83.8 Å². The third kappa shape index (κ3) is 4.56. The van der Waals surface area contributed by atoms with Gasteiger partial charge >= 0.3 is 0 Å². The number of sulfonamides is 1. The van der Waals surface area contributed by atoms with Crippen LogP contribution in [0.1, 0.15) is 28.1 Å². The highest BCUT2D eigenvalue weighted by molar-refractivity contribution is 7.92. The van der Waals surface area contributed by atoms with Crippen molar-refractivity contribution in [3.8, 4) is 0 Å². The number of carbonyl (C=O) groups excluding carboxylic acids is 1. The second-order valence-corrected chi connectivity index (χ2v) is 9.50. The Morgan fingerprint density at radius 3 is 2.75 bits per heavy atom. The molecule has 1 aromatic heterocycles. The van der Waals surface area contributed by atoms with Crippen LogP contribution in [0.3, 0.4) is 0 Å². The Kier molecular flexibility index (Phi) is 6.62. The van der Waals surface area contributed by atoms with E-state index in [4.69, 9.17) is 9.15 Å². The van der Waals surface area contributed by atoms with Gasteiger partial charge in [-0.3, -0.25) is 9.10 Å². The molecule has 32 heavy (non-hydrogen) atoms. The lowest BCUT2D eigenvalue weighted by Gasteiger charge is -2.30. The number of furan rings is 1. The molecular weight excluding hydrogens is 428 g/mol. The van der Waals surface area contributed by atoms with Crippen LogP contribution in [0.5, 0.6) is 0 Å². The lowest BCUT2D eigenvalue weighted by molar-refractivity contribution is 0.0666. The minimum atomic E-state index is -3.80. The van der Waals surface area contributed by atoms with Crippen LogP contribution in [0.25, 0.3) is 0 Å². The van der Waals surface area contributed by atoms with Gasteiger partial charge in [-0.1, -0.05) is 24.3 Å². The largest absolute Gasteiger partial charge is 0.467 e. The number of carbonyl (C=O) groups is 1. The number of benzene rings is 2. The summed E-state index contributed by atoms with van der Waals surface area (Å²) < 4.78 is 38.9. The summed E-state index contributed by atoms with van der Waals surface area (Å²) in [4.78, 5) is 14.9. The molecule has 0 radical (unpaired) electrons. The molecule has 1 amide bonds. The monoisotopic (exact) mass is 454 g/mol. The van der Waals surface area contributed by atoms with Gasteiger partial charge in [-0.2, -0.15) is 0 Å². The third-order valence-corrected chi connectivity index (χ3v) is 7.33. The summed E-state index contributed by atoms with van der Waals surface area (Å²) in [7, 11) is -2.24. The van der Waals surface area contributed by atoms with E-state index in [2.05, 4.69) is 0 Å². The fourth-order valence-electron chi connectivity index (χ4n) is 3.89. The number of ether oxygens (including phenoxy) is 1. The van der Waals surface area contributed by atoms with Crippen molar-refractivity contribution in [2.45, 2.75) is 24.3 Å². The van der Waals surface area contributed by atoms with Crippen molar-refractivity contribution < 1.29 is 22.4 Å². The summed E-state index contributed by atoms with van der Waals surface area (Å²) in [6, 6.07) is 17.3. The molecular formula is C24H26N2O5S. The molecule has 168 valence electrons. The van der Waals surface area contributed by atoms with E-state index < -0.39 is 10.0 Å². The fourth-order valence-corrected chi connectivity index (χ4v) is 5.48. The number of para-hydroxylation sites is 1. The smallest absolute Gasteiger partial charge is 0.264 e. The Balaban J connectivity index is 1.63. The van der Waals surface area contributed by atoms with Crippen LogP contribution >= 0.6 is 0 Å². The Bertz CT molecular complexity index is 1170. The average molecular weight is 455 g/mol. The zero-order valence-corrected chi connectivity index (χ0v) is 18.8. The van der Waals surface area contributed by atoms with Gasteiger partial charge in [0.2, 0.25) is 0 Å². The minimum absolute atomic E-state index is 0.102. The summed E-state index contributed by atoms with van der Waals surface area (Å²) in [5.41, 5.74) is 2.02. The molecule has 1 aliphatic rings. The van der Waals surface area contributed by atoms with Gasteiger partial charge in [-0.25, -0.2) is 8.42 Å². The van der Waals surface area contributed by atoms with E-state index in [9.17, 15) is 13.2 Å². The maximum absolute atomic E-state index is 13.5. The molecule has 4 rings (SSSR count). The number of hydrogen-bond acceptors (Lipinski definition) is 5. The standard InChI is InChI=1S/C24H26N2O5S/c1-30-16-14-25(18-21-10-6-15-31-21)24(27)20-8-4-11-22(17-20)32(28,29)26-13-5-9-19-7-2-3-12-23(19)26/h2-4,6-8,10-12,15,17H,5,9,13-14,16,18H2,1H3. The Morgan fingerprint density at radius 2 is 1.97 bits per heavy atom. The van der Waals surface area contributed by atoms with Crippen molar-refractivity contribution in [2.24, 2.45) is 0 Å². The van der Waals surface area contributed by atoms with E-state index in [-0.39, 0.29) is 17.3 Å². The van der Waals surface area contributed by atoms with Crippen molar-refractivity contribution in [1.29, 1.82) is 0 Å². The van der Waals surface area contributed by atoms with Gasteiger partial charge in [0.15, 0.2) is 0 Å². The maximum Gasteiger partial charge on any atom is 0.264 e. The second kappa shape index (κ2) is 9.58. The molecule has 0 fully saturated rings. The number of hydrogen-bond donors (Lipinski definition) is 0. The highest BCUT2D eigenvalue weighted by atomic mass is 32.2. The number of aryl methyl sites for hydroxylation is 1. The van der Waals surface area contributed by atoms with Gasteiger partial charge in [0.05, 0.1) is 30.0 Å². The van der Waals surface area contributed by atoms with Crippen LogP contribution < -0.4 is 4.31 Å². The first-order valence-electron chi connectivity index (χ1n) is 10.5. The van der Waals surface area contributed by atoms with Crippen LogP contribution in [0.15, 0.2) is 76.2 Å². The second-order valence-electron chi connectivity index (χ2n) is 7.64. The first kappa shape index (κ1) is 22.1. The highest BCUT2D eigenvalue weighted by Gasteiger charge is 2.29. The molecule has 2 aromatic carbocycles. The normalized spacial score (nSPS) is 13.6. The number of fused-ring (bicyclic) bond motifs is 1. The molecule has 0 N–H and O–H groups in total. The predicted molar refractivity (Wildman–Crippen MR) is 121 cm³/mol. The molecule has 7 nitrogen and oxygen atoms in total. The lowest BCUT2D eigenvalue weighted by atomic mass is 10.0. The molecule has 2 heterocycles. The molecule has 0 unspecified atom stereocenters. The molecule has 0 aliphatic carbocycles. The Labute approximate surface area is 188 Å². The summed E-state index contributed by atoms with van der Waals surface area (Å²) in [5, 5.41) is 0. The number of amides is 1. The van der Waals surface area contributed by atoms with Gasteiger partial charge < -0.3 is 14.1 Å². The van der Waals surface area contributed by atoms with E-state index in [0.717, 1.165) is 18.4 Å². The number of methoxy groups -OCH3 is 1. The lowest BCUT2D eigenvalue weighted by Crippen LogP contribution is -2.36. The van der Waals surface area contributed by atoms with Crippen LogP contribution in [0.4, 0.5) is 5.69 Å². The first-order valence-corrected chi connectivity index (χ1v) is 12.0. The molecule has 0 spiro atoms. The molecule has 0 saturated carbocycles. The van der Waals surface area contributed by atoms with Crippen LogP contribution in [0.2, 0.25) is 0 Å². The van der Waals surface area contributed by atoms with Crippen molar-refractivity contribution in [1.82, 2.24) is 4.90 Å². The SMILES string of the molecule is COCCN(Cc1ccco1)C(=O)c1cccc(S(=O)(=O)N2CCCc3ccccc32)c1. The van der Waals surface area contributed by atoms with Gasteiger partial charge in [0, 0.05) is 25.8 Å². The maximum atomic E-state index is 13.5. The number of rotatable bonds is 8. The quantitative estimate of drug-likeness (QED) is 0.518. The van der Waals surface area contributed by atoms with Crippen LogP contribution in [0, 0.1) is 0 Å². The van der Waals surface area contributed by atoms with Gasteiger partial charge in [0.25, 0.3) is 15.9 Å². The Morgan fingerprint density at radius 1 is 1.12 bits per heavy atom. The van der Waals surface area contributed by atoms with Gasteiger partial charge in [-0.05, 0) is 54.8 Å². The topological polar surface area (TPSA) is 80.1 Å². The summed E-state index contributed by atoms with van der Waals surface area (Å²) in [5.74, 6) is 0.359. The zero-order valence-electron chi connectivity index (χ0n) is 17.9. The van der Waals surface area contributed by atoms with Crippen LogP contribution in [-0.2, 0) is 27.7 Å². The van der Waals surface area contributed by atoms with Gasteiger partial charge in [-0.15, -0.1) is 0 Å². The summed E-state index contributed by atoms with van der Waals surface area (Å²) in [6.07, 6.45) is 3.16. The van der Waals surface area contributed by atoms with E-state index in [1.165, 1.54) is 16.4 Å². The van der Waals surface area contributed by atoms with E-state index in [1.807, 2.05) is 24.3 Å². The molecule has 1 aliphatic heterocycles. The molecule has 8 heteroatoms. The molecule has 0 saturated heterocycles. The predicted octanol–water partition coefficient (Wildman–Crippen LogP) is 3.71. The summed E-state index contributed by atoms with van der Waals surface area (Å²) in [6.45, 7) is 1.39. The van der Waals surface area contributed by atoms with Crippen molar-refractivity contribution in [2.75, 3.05) is 31.1 Å². The van der Waals surface area contributed by atoms with E-state index >= 15 is 0 Å². The molecule has 3 aromatic rings. The number of anilines is 1. The van der Waals surface area contributed by atoms with Crippen molar-refractivity contribution in [3.63, 3.8) is 0 Å². The van der Waals surface area contributed by atoms with E-state index in [1.54, 1.807) is 42.5 Å². The zero-order chi connectivity index (χ0) is 22.6. The third-order valence-electron chi connectivity index (χ3n) is 5.52.